The largest absolute Gasteiger partial charge is 0.481 e. The van der Waals surface area contributed by atoms with Crippen LogP contribution in [0.4, 0.5) is 19.3 Å². The number of alkyl halides is 1. The topological polar surface area (TPSA) is 111 Å². The van der Waals surface area contributed by atoms with Gasteiger partial charge in [-0.2, -0.15) is 0 Å². The van der Waals surface area contributed by atoms with Gasteiger partial charge < -0.3 is 19.1 Å². The van der Waals surface area contributed by atoms with E-state index in [0.717, 1.165) is 6.04 Å². The number of likely N-dealkylation sites (tertiary alicyclic amines) is 1. The number of halogens is 2. The number of aliphatic imine (C=N–C) groups is 1. The third kappa shape index (κ3) is 8.61. The fourth-order valence-electron chi connectivity index (χ4n) is 6.21. The minimum atomic E-state index is -1.45. The Hall–Kier alpha value is -3.87. The number of amidine groups is 1. The van der Waals surface area contributed by atoms with E-state index in [9.17, 15) is 14.0 Å². The predicted molar refractivity (Wildman–Crippen MR) is 197 cm³/mol. The van der Waals surface area contributed by atoms with Crippen LogP contribution in [0.15, 0.2) is 35.6 Å². The van der Waals surface area contributed by atoms with E-state index in [4.69, 9.17) is 25.8 Å². The smallest absolute Gasteiger partial charge is 0.418 e. The normalized spacial score (nSPS) is 24.7. The zero-order valence-corrected chi connectivity index (χ0v) is 32.3. The second kappa shape index (κ2) is 14.6. The van der Waals surface area contributed by atoms with Crippen molar-refractivity contribution < 1.29 is 32.6 Å². The van der Waals surface area contributed by atoms with Crippen molar-refractivity contribution in [3.8, 4) is 5.88 Å². The summed E-state index contributed by atoms with van der Waals surface area (Å²) in [5.74, 6) is -1.03. The molecule has 2 aromatic heterocycles. The fourth-order valence-corrected chi connectivity index (χ4v) is 8.60. The fraction of sp³-hybridized carbons (Fsp3) is 0.556. The van der Waals surface area contributed by atoms with Gasteiger partial charge in [0.05, 0.1) is 31.5 Å². The lowest BCUT2D eigenvalue weighted by molar-refractivity contribution is -0.131. The number of thioether (sulfide) groups is 1. The SMILES string of the molecule is [C-]#[N+]c1ccc(/C(F)=C/c2cnc(OC)c([C@@]3(C)N=C(N(COCC[Si](C)(C)C)C(=O)OC(C)(C)C)S[C@@]4(C(=O)N5CC[C@@H](F)C5)C[C@H]43)c2)nc1. The molecule has 4 atom stereocenters. The maximum atomic E-state index is 15.5. The molecule has 274 valence electrons. The summed E-state index contributed by atoms with van der Waals surface area (Å²) >= 11 is 1.18. The van der Waals surface area contributed by atoms with Gasteiger partial charge in [-0.25, -0.2) is 28.3 Å². The average molecular weight is 741 g/mol. The minimum Gasteiger partial charge on any atom is -0.481 e. The summed E-state index contributed by atoms with van der Waals surface area (Å²) in [4.78, 5) is 48.1. The van der Waals surface area contributed by atoms with Crippen molar-refractivity contribution in [3.05, 3.63) is 58.8 Å². The lowest BCUT2D eigenvalue weighted by Gasteiger charge is -2.38. The van der Waals surface area contributed by atoms with E-state index < -0.39 is 42.1 Å². The molecule has 3 aliphatic rings. The summed E-state index contributed by atoms with van der Waals surface area (Å²) in [5.41, 5.74) is -0.831. The van der Waals surface area contributed by atoms with Crippen LogP contribution < -0.4 is 4.74 Å². The third-order valence-corrected chi connectivity index (χ3v) is 12.2. The molecule has 5 rings (SSSR count). The highest BCUT2D eigenvalue weighted by Crippen LogP contribution is 2.68. The number of carbonyl (C=O) groups excluding carboxylic acids is 2. The molecule has 0 spiro atoms. The van der Waals surface area contributed by atoms with Gasteiger partial charge in [-0.3, -0.25) is 14.8 Å². The van der Waals surface area contributed by atoms with Crippen LogP contribution in [0.25, 0.3) is 16.7 Å². The number of rotatable bonds is 10. The van der Waals surface area contributed by atoms with Gasteiger partial charge in [-0.1, -0.05) is 37.5 Å². The molecule has 2 amide bonds. The van der Waals surface area contributed by atoms with Gasteiger partial charge in [0.2, 0.25) is 17.5 Å². The number of methoxy groups -OCH3 is 1. The quantitative estimate of drug-likeness (QED) is 0.106. The molecule has 11 nitrogen and oxygen atoms in total. The number of carbonyl (C=O) groups is 2. The monoisotopic (exact) mass is 740 g/mol. The molecule has 0 aromatic carbocycles. The van der Waals surface area contributed by atoms with Crippen LogP contribution in [0.1, 0.15) is 57.4 Å². The lowest BCUT2D eigenvalue weighted by atomic mass is 9.85. The molecule has 15 heteroatoms. The van der Waals surface area contributed by atoms with Crippen molar-refractivity contribution >= 4 is 54.6 Å². The van der Waals surface area contributed by atoms with Gasteiger partial charge in [0, 0.05) is 45.1 Å². The molecule has 0 unspecified atom stereocenters. The Labute approximate surface area is 303 Å². The molecular weight excluding hydrogens is 695 g/mol. The Morgan fingerprint density at radius 1 is 1.24 bits per heavy atom. The van der Waals surface area contributed by atoms with Crippen LogP contribution in [0.3, 0.4) is 0 Å². The molecule has 2 aliphatic heterocycles. The van der Waals surface area contributed by atoms with Crippen molar-refractivity contribution in [3.63, 3.8) is 0 Å². The number of hydrogen-bond donors (Lipinski definition) is 0. The molecule has 51 heavy (non-hydrogen) atoms. The van der Waals surface area contributed by atoms with E-state index in [2.05, 4.69) is 34.5 Å². The summed E-state index contributed by atoms with van der Waals surface area (Å²) in [5, 5.41) is 0.219. The Morgan fingerprint density at radius 3 is 2.57 bits per heavy atom. The zero-order valence-electron chi connectivity index (χ0n) is 30.5. The van der Waals surface area contributed by atoms with Crippen LogP contribution in [0, 0.1) is 12.5 Å². The van der Waals surface area contributed by atoms with Crippen LogP contribution >= 0.6 is 11.8 Å². The lowest BCUT2D eigenvalue weighted by Crippen LogP contribution is -2.49. The number of aromatic nitrogens is 2. The summed E-state index contributed by atoms with van der Waals surface area (Å²) in [6.45, 7) is 21.5. The van der Waals surface area contributed by atoms with Crippen LogP contribution in [0.5, 0.6) is 5.88 Å². The van der Waals surface area contributed by atoms with Gasteiger partial charge in [-0.05, 0) is 70.4 Å². The maximum Gasteiger partial charge on any atom is 0.418 e. The van der Waals surface area contributed by atoms with E-state index >= 15 is 4.39 Å². The van der Waals surface area contributed by atoms with Gasteiger partial charge >= 0.3 is 6.09 Å². The van der Waals surface area contributed by atoms with Crippen LogP contribution in [0.2, 0.25) is 25.7 Å². The molecule has 2 aromatic rings. The molecular formula is C36H46F2N6O5SSi. The van der Waals surface area contributed by atoms with E-state index in [1.807, 2.05) is 6.92 Å². The summed E-state index contributed by atoms with van der Waals surface area (Å²) in [7, 11) is 0.0137. The van der Waals surface area contributed by atoms with E-state index in [-0.39, 0.29) is 54.0 Å². The summed E-state index contributed by atoms with van der Waals surface area (Å²) in [6, 6.07) is 5.49. The first-order valence-electron chi connectivity index (χ1n) is 17.0. The van der Waals surface area contributed by atoms with Gasteiger partial charge in [0.25, 0.3) is 0 Å². The predicted octanol–water partition coefficient (Wildman–Crippen LogP) is 7.70. The number of fused-ring (bicyclic) bond motifs is 1. The molecule has 1 aliphatic carbocycles. The number of hydrogen-bond acceptors (Lipinski definition) is 9. The standard InChI is InChI=1S/C36H46F2N6O5SSi/c1-34(2,3)49-33(46)44(22-48-14-15-51(7,8)9)32-42-35(4,29-18-36(29,50-32)31(45)43-13-12-24(37)21-43)26-16-23(19-41-30(26)47-6)17-27(38)28-11-10-25(39-5)20-40-28/h10-11,16-17,19-20,24,29H,12-15,18,21-22H2,1-4,6-9H3/b27-17-/t24-,29+,35-,36+/m1/s1. The summed E-state index contributed by atoms with van der Waals surface area (Å²) in [6.07, 6.45) is 2.89. The maximum absolute atomic E-state index is 15.5. The molecule has 0 N–H and O–H groups in total. The van der Waals surface area contributed by atoms with E-state index in [0.29, 0.717) is 30.7 Å². The van der Waals surface area contributed by atoms with Crippen molar-refractivity contribution in [1.82, 2.24) is 19.8 Å². The van der Waals surface area contributed by atoms with E-state index in [1.54, 1.807) is 31.7 Å². The molecule has 0 radical (unpaired) electrons. The first kappa shape index (κ1) is 38.4. The Kier molecular flexibility index (Phi) is 11.0. The molecule has 1 saturated carbocycles. The van der Waals surface area contributed by atoms with Gasteiger partial charge in [-0.15, -0.1) is 0 Å². The van der Waals surface area contributed by atoms with Crippen LogP contribution in [-0.2, 0) is 19.8 Å². The second-order valence-corrected chi connectivity index (χ2v) is 22.4. The Morgan fingerprint density at radius 2 is 1.98 bits per heavy atom. The highest BCUT2D eigenvalue weighted by molar-refractivity contribution is 8.16. The van der Waals surface area contributed by atoms with Gasteiger partial charge in [0.1, 0.15) is 29.1 Å². The highest BCUT2D eigenvalue weighted by atomic mass is 32.2. The second-order valence-electron chi connectivity index (χ2n) is 15.5. The number of pyridine rings is 2. The number of ether oxygens (including phenoxy) is 3. The van der Waals surface area contributed by atoms with Crippen molar-refractivity contribution in [1.29, 1.82) is 0 Å². The van der Waals surface area contributed by atoms with Crippen molar-refractivity contribution in [2.24, 2.45) is 10.9 Å². The minimum absolute atomic E-state index is 0.00196. The zero-order chi connectivity index (χ0) is 37.4. The first-order valence-corrected chi connectivity index (χ1v) is 21.5. The number of amides is 2. The summed E-state index contributed by atoms with van der Waals surface area (Å²) < 4.78 is 46.4. The first-order chi connectivity index (χ1) is 23.9. The van der Waals surface area contributed by atoms with Crippen molar-refractivity contribution in [2.45, 2.75) is 88.3 Å². The number of nitrogens with zero attached hydrogens (tertiary/aromatic N) is 6. The molecule has 0 bridgehead atoms. The van der Waals surface area contributed by atoms with Crippen molar-refractivity contribution in [2.75, 3.05) is 33.5 Å². The molecule has 4 heterocycles. The average Bonchev–Trinajstić information content (AvgIpc) is 3.67. The van der Waals surface area contributed by atoms with Crippen LogP contribution in [-0.4, -0.2) is 95.1 Å². The van der Waals surface area contributed by atoms with Gasteiger partial charge in [0.15, 0.2) is 5.17 Å². The Balaban J connectivity index is 1.60. The third-order valence-electron chi connectivity index (χ3n) is 9.06. The molecule has 1 saturated heterocycles. The van der Waals surface area contributed by atoms with E-state index in [1.165, 1.54) is 54.4 Å². The highest BCUT2D eigenvalue weighted by Gasteiger charge is 2.72. The Bertz CT molecular complexity index is 1760. The molecule has 2 fully saturated rings.